The first-order valence-corrected chi connectivity index (χ1v) is 8.35. The molecule has 3 rings (SSSR count). The smallest absolute Gasteiger partial charge is 0.125 e. The predicted octanol–water partition coefficient (Wildman–Crippen LogP) is 1.53. The molecule has 4 nitrogen and oxygen atoms in total. The molecule has 1 saturated heterocycles. The summed E-state index contributed by atoms with van der Waals surface area (Å²) in [6.07, 6.45) is 1.23. The van der Waals surface area contributed by atoms with Crippen molar-refractivity contribution in [2.24, 2.45) is 0 Å². The van der Waals surface area contributed by atoms with E-state index in [1.165, 1.54) is 5.56 Å². The van der Waals surface area contributed by atoms with Crippen molar-refractivity contribution in [3.05, 3.63) is 27.7 Å². The van der Waals surface area contributed by atoms with Gasteiger partial charge in [-0.2, -0.15) is 0 Å². The zero-order chi connectivity index (χ0) is 15.0. The standard InChI is InChI=1S/C16H23BrN2O2/c1-18-4-5-19(2)14(10-18)15(20)9-12-8-13(17)7-11-3-6-21-16(11)12/h7-8,14-15,20H,3-6,9-10H2,1-2H3. The lowest BCUT2D eigenvalue weighted by Crippen LogP contribution is -2.55. The molecule has 0 aliphatic carbocycles. The predicted molar refractivity (Wildman–Crippen MR) is 87.0 cm³/mol. The number of nitrogens with zero attached hydrogens (tertiary/aromatic N) is 2. The lowest BCUT2D eigenvalue weighted by molar-refractivity contribution is 0.0150. The Morgan fingerprint density at radius 2 is 2.19 bits per heavy atom. The highest BCUT2D eigenvalue weighted by Gasteiger charge is 2.30. The Bertz CT molecular complexity index is 523. The van der Waals surface area contributed by atoms with Crippen molar-refractivity contribution < 1.29 is 9.84 Å². The molecule has 0 bridgehead atoms. The van der Waals surface area contributed by atoms with Crippen LogP contribution in [0.2, 0.25) is 0 Å². The number of ether oxygens (including phenoxy) is 1. The maximum absolute atomic E-state index is 10.7. The van der Waals surface area contributed by atoms with E-state index in [0.717, 1.165) is 48.4 Å². The van der Waals surface area contributed by atoms with Gasteiger partial charge in [0.15, 0.2) is 0 Å². The lowest BCUT2D eigenvalue weighted by atomic mass is 9.97. The first-order valence-electron chi connectivity index (χ1n) is 7.55. The third-order valence-electron chi connectivity index (χ3n) is 4.60. The number of rotatable bonds is 3. The van der Waals surface area contributed by atoms with Crippen LogP contribution < -0.4 is 4.74 Å². The number of likely N-dealkylation sites (N-methyl/N-ethyl adjacent to an activating group) is 2. The highest BCUT2D eigenvalue weighted by molar-refractivity contribution is 9.10. The molecule has 2 heterocycles. The molecule has 21 heavy (non-hydrogen) atoms. The highest BCUT2D eigenvalue weighted by Crippen LogP contribution is 2.34. The number of hydrogen-bond acceptors (Lipinski definition) is 4. The van der Waals surface area contributed by atoms with Crippen molar-refractivity contribution >= 4 is 15.9 Å². The van der Waals surface area contributed by atoms with Crippen molar-refractivity contribution in [1.29, 1.82) is 0 Å². The zero-order valence-electron chi connectivity index (χ0n) is 12.7. The number of fused-ring (bicyclic) bond motifs is 1. The van der Waals surface area contributed by atoms with Crippen LogP contribution in [-0.2, 0) is 12.8 Å². The van der Waals surface area contributed by atoms with Crippen molar-refractivity contribution in [1.82, 2.24) is 9.80 Å². The molecule has 1 aromatic carbocycles. The minimum Gasteiger partial charge on any atom is -0.493 e. The van der Waals surface area contributed by atoms with Gasteiger partial charge in [0.2, 0.25) is 0 Å². The van der Waals surface area contributed by atoms with Gasteiger partial charge >= 0.3 is 0 Å². The van der Waals surface area contributed by atoms with Crippen LogP contribution in [0.15, 0.2) is 16.6 Å². The normalized spacial score (nSPS) is 24.7. The van der Waals surface area contributed by atoms with Gasteiger partial charge < -0.3 is 14.7 Å². The van der Waals surface area contributed by atoms with E-state index in [1.54, 1.807) is 0 Å². The Morgan fingerprint density at radius 3 is 3.00 bits per heavy atom. The first-order chi connectivity index (χ1) is 10.0. The second-order valence-electron chi connectivity index (χ2n) is 6.23. The maximum atomic E-state index is 10.7. The van der Waals surface area contributed by atoms with Gasteiger partial charge in [-0.25, -0.2) is 0 Å². The summed E-state index contributed by atoms with van der Waals surface area (Å²) in [7, 11) is 4.22. The summed E-state index contributed by atoms with van der Waals surface area (Å²) >= 11 is 3.57. The number of hydrogen-bond donors (Lipinski definition) is 1. The van der Waals surface area contributed by atoms with E-state index in [9.17, 15) is 5.11 Å². The molecule has 2 unspecified atom stereocenters. The summed E-state index contributed by atoms with van der Waals surface area (Å²) in [5.41, 5.74) is 2.37. The van der Waals surface area contributed by atoms with E-state index in [4.69, 9.17) is 4.74 Å². The third-order valence-corrected chi connectivity index (χ3v) is 5.06. The minimum absolute atomic E-state index is 0.180. The van der Waals surface area contributed by atoms with E-state index >= 15 is 0 Å². The topological polar surface area (TPSA) is 35.9 Å². The Kier molecular flexibility index (Phi) is 4.54. The SMILES string of the molecule is CN1CCN(C)C(C(O)Cc2cc(Br)cc3c2OCC3)C1. The largest absolute Gasteiger partial charge is 0.493 e. The fourth-order valence-electron chi connectivity index (χ4n) is 3.32. The van der Waals surface area contributed by atoms with Crippen LogP contribution in [0.25, 0.3) is 0 Å². The molecule has 0 amide bonds. The number of piperazine rings is 1. The summed E-state index contributed by atoms with van der Waals surface area (Å²) in [5.74, 6) is 0.990. The summed E-state index contributed by atoms with van der Waals surface area (Å²) in [5, 5.41) is 10.7. The van der Waals surface area contributed by atoms with Gasteiger partial charge in [0.25, 0.3) is 0 Å². The third kappa shape index (κ3) is 3.26. The van der Waals surface area contributed by atoms with Gasteiger partial charge in [0, 0.05) is 43.0 Å². The van der Waals surface area contributed by atoms with Crippen LogP contribution in [-0.4, -0.2) is 67.4 Å². The minimum atomic E-state index is -0.375. The van der Waals surface area contributed by atoms with Crippen LogP contribution in [0.5, 0.6) is 5.75 Å². The van der Waals surface area contributed by atoms with E-state index < -0.39 is 0 Å². The van der Waals surface area contributed by atoms with Crippen LogP contribution in [0, 0.1) is 0 Å². The van der Waals surface area contributed by atoms with Gasteiger partial charge in [-0.3, -0.25) is 4.90 Å². The molecular weight excluding hydrogens is 332 g/mol. The van der Waals surface area contributed by atoms with Crippen LogP contribution in [0.3, 0.4) is 0 Å². The van der Waals surface area contributed by atoms with E-state index in [0.29, 0.717) is 6.42 Å². The van der Waals surface area contributed by atoms with Crippen LogP contribution in [0.1, 0.15) is 11.1 Å². The van der Waals surface area contributed by atoms with Gasteiger partial charge in [0.05, 0.1) is 12.7 Å². The quantitative estimate of drug-likeness (QED) is 0.892. The fourth-order valence-corrected chi connectivity index (χ4v) is 3.87. The summed E-state index contributed by atoms with van der Waals surface area (Å²) < 4.78 is 6.84. The Hall–Kier alpha value is -0.620. The van der Waals surface area contributed by atoms with E-state index in [1.807, 2.05) is 0 Å². The van der Waals surface area contributed by atoms with E-state index in [2.05, 4.69) is 52.0 Å². The van der Waals surface area contributed by atoms with Gasteiger partial charge in [-0.1, -0.05) is 15.9 Å². The number of benzene rings is 1. The van der Waals surface area contributed by atoms with Gasteiger partial charge in [-0.05, 0) is 37.4 Å². The number of aliphatic hydroxyl groups excluding tert-OH is 1. The Labute approximate surface area is 134 Å². The monoisotopic (exact) mass is 354 g/mol. The van der Waals surface area contributed by atoms with E-state index in [-0.39, 0.29) is 12.1 Å². The fraction of sp³-hybridized carbons (Fsp3) is 0.625. The Balaban J connectivity index is 1.77. The molecule has 0 spiro atoms. The molecular formula is C16H23BrN2O2. The molecule has 2 atom stereocenters. The maximum Gasteiger partial charge on any atom is 0.125 e. The molecule has 0 saturated carbocycles. The van der Waals surface area contributed by atoms with Crippen molar-refractivity contribution in [2.45, 2.75) is 25.0 Å². The van der Waals surface area contributed by atoms with Crippen molar-refractivity contribution in [3.8, 4) is 5.75 Å². The average molecular weight is 355 g/mol. The molecule has 2 aliphatic rings. The molecule has 0 radical (unpaired) electrons. The Morgan fingerprint density at radius 1 is 1.38 bits per heavy atom. The summed E-state index contributed by atoms with van der Waals surface area (Å²) in [6.45, 7) is 3.73. The van der Waals surface area contributed by atoms with Gasteiger partial charge in [-0.15, -0.1) is 0 Å². The average Bonchev–Trinajstić information content (AvgIpc) is 2.89. The van der Waals surface area contributed by atoms with Gasteiger partial charge in [0.1, 0.15) is 5.75 Å². The summed E-state index contributed by atoms with van der Waals surface area (Å²) in [6, 6.07) is 4.39. The lowest BCUT2D eigenvalue weighted by Gasteiger charge is -2.40. The van der Waals surface area contributed by atoms with Crippen LogP contribution in [0.4, 0.5) is 0 Å². The van der Waals surface area contributed by atoms with Crippen molar-refractivity contribution in [3.63, 3.8) is 0 Å². The highest BCUT2D eigenvalue weighted by atomic mass is 79.9. The first kappa shape index (κ1) is 15.3. The molecule has 0 aromatic heterocycles. The zero-order valence-corrected chi connectivity index (χ0v) is 14.3. The number of aliphatic hydroxyl groups is 1. The second-order valence-corrected chi connectivity index (χ2v) is 7.15. The molecule has 5 heteroatoms. The van der Waals surface area contributed by atoms with Crippen molar-refractivity contribution in [2.75, 3.05) is 40.3 Å². The summed E-state index contributed by atoms with van der Waals surface area (Å²) in [4.78, 5) is 4.56. The molecule has 116 valence electrons. The second kappa shape index (κ2) is 6.24. The molecule has 1 fully saturated rings. The molecule has 1 aromatic rings. The molecule has 2 aliphatic heterocycles. The molecule has 1 N–H and O–H groups in total. The number of halogens is 1. The van der Waals surface area contributed by atoms with Crippen LogP contribution >= 0.6 is 15.9 Å².